The van der Waals surface area contributed by atoms with Crippen LogP contribution in [0.1, 0.15) is 33.6 Å². The number of nitrogens with one attached hydrogen (secondary N) is 1. The lowest BCUT2D eigenvalue weighted by Crippen LogP contribution is -2.26. The summed E-state index contributed by atoms with van der Waals surface area (Å²) in [5.74, 6) is -0.370. The van der Waals surface area contributed by atoms with Gasteiger partial charge in [0.15, 0.2) is 23.9 Å². The van der Waals surface area contributed by atoms with E-state index in [0.717, 1.165) is 12.8 Å². The summed E-state index contributed by atoms with van der Waals surface area (Å²) < 4.78 is 42.4. The van der Waals surface area contributed by atoms with E-state index in [2.05, 4.69) is 4.72 Å². The van der Waals surface area contributed by atoms with Gasteiger partial charge in [0.05, 0.1) is 24.7 Å². The van der Waals surface area contributed by atoms with E-state index >= 15 is 0 Å². The van der Waals surface area contributed by atoms with Crippen LogP contribution in [-0.4, -0.2) is 47.0 Å². The molecule has 0 unspecified atom stereocenters. The second-order valence-electron chi connectivity index (χ2n) is 6.49. The number of sulfonamides is 1. The van der Waals surface area contributed by atoms with Crippen molar-refractivity contribution in [2.45, 2.75) is 23.8 Å². The highest BCUT2D eigenvalue weighted by atomic mass is 32.2. The maximum absolute atomic E-state index is 12.3. The molecular weight excluding hydrogens is 398 g/mol. The van der Waals surface area contributed by atoms with Gasteiger partial charge < -0.3 is 14.2 Å². The average Bonchev–Trinajstić information content (AvgIpc) is 3.54. The van der Waals surface area contributed by atoms with Crippen molar-refractivity contribution in [2.75, 3.05) is 20.8 Å². The molecule has 1 fully saturated rings. The van der Waals surface area contributed by atoms with Gasteiger partial charge in [-0.05, 0) is 49.2 Å². The Balaban J connectivity index is 1.66. The molecule has 29 heavy (non-hydrogen) atoms. The third-order valence-electron chi connectivity index (χ3n) is 4.32. The first-order valence-corrected chi connectivity index (χ1v) is 10.4. The second-order valence-corrected chi connectivity index (χ2v) is 8.21. The van der Waals surface area contributed by atoms with E-state index in [4.69, 9.17) is 14.2 Å². The number of carbonyl (C=O) groups excluding carboxylic acids is 2. The van der Waals surface area contributed by atoms with Gasteiger partial charge in [-0.15, -0.1) is 0 Å². The molecule has 0 radical (unpaired) electrons. The molecule has 0 saturated heterocycles. The summed E-state index contributed by atoms with van der Waals surface area (Å²) in [4.78, 5) is 24.6. The van der Waals surface area contributed by atoms with Gasteiger partial charge in [-0.2, -0.15) is 0 Å². The number of hydrogen-bond acceptors (Lipinski definition) is 7. The van der Waals surface area contributed by atoms with Crippen LogP contribution in [0.15, 0.2) is 47.4 Å². The number of rotatable bonds is 9. The van der Waals surface area contributed by atoms with Crippen LogP contribution in [0.5, 0.6) is 11.5 Å². The maximum atomic E-state index is 12.3. The standard InChI is InChI=1S/C20H21NO7S/c1-26-18-9-6-13(11-19(18)27-2)17(22)12-28-20(23)14-4-3-5-16(10-14)29(24,25)21-15-7-8-15/h3-6,9-11,15,21H,7-8,12H2,1-2H3. The molecule has 0 spiro atoms. The molecule has 1 aliphatic rings. The van der Waals surface area contributed by atoms with Gasteiger partial charge in [0, 0.05) is 11.6 Å². The summed E-state index contributed by atoms with van der Waals surface area (Å²) in [6, 6.07) is 10.1. The molecule has 0 bridgehead atoms. The van der Waals surface area contributed by atoms with E-state index in [9.17, 15) is 18.0 Å². The van der Waals surface area contributed by atoms with E-state index in [1.165, 1.54) is 50.6 Å². The highest BCUT2D eigenvalue weighted by molar-refractivity contribution is 7.89. The van der Waals surface area contributed by atoms with Crippen molar-refractivity contribution in [1.29, 1.82) is 0 Å². The van der Waals surface area contributed by atoms with E-state index in [0.29, 0.717) is 17.1 Å². The van der Waals surface area contributed by atoms with Crippen molar-refractivity contribution >= 4 is 21.8 Å². The molecule has 1 saturated carbocycles. The molecule has 2 aromatic carbocycles. The van der Waals surface area contributed by atoms with E-state index < -0.39 is 28.4 Å². The minimum Gasteiger partial charge on any atom is -0.493 e. The first-order valence-electron chi connectivity index (χ1n) is 8.89. The Morgan fingerprint density at radius 1 is 1.00 bits per heavy atom. The van der Waals surface area contributed by atoms with E-state index in [-0.39, 0.29) is 16.5 Å². The van der Waals surface area contributed by atoms with Crippen molar-refractivity contribution < 1.29 is 32.2 Å². The summed E-state index contributed by atoms with van der Waals surface area (Å²) >= 11 is 0. The maximum Gasteiger partial charge on any atom is 0.338 e. The number of ketones is 1. The Morgan fingerprint density at radius 3 is 2.38 bits per heavy atom. The lowest BCUT2D eigenvalue weighted by molar-refractivity contribution is 0.0474. The fraction of sp³-hybridized carbons (Fsp3) is 0.300. The van der Waals surface area contributed by atoms with Crippen LogP contribution in [0, 0.1) is 0 Å². The van der Waals surface area contributed by atoms with Gasteiger partial charge in [0.25, 0.3) is 0 Å². The van der Waals surface area contributed by atoms with Crippen molar-refractivity contribution in [3.63, 3.8) is 0 Å². The third kappa shape index (κ3) is 5.12. The first-order chi connectivity index (χ1) is 13.8. The Kier molecular flexibility index (Phi) is 6.19. The zero-order valence-corrected chi connectivity index (χ0v) is 16.8. The van der Waals surface area contributed by atoms with Crippen LogP contribution in [0.4, 0.5) is 0 Å². The Bertz CT molecular complexity index is 1030. The largest absolute Gasteiger partial charge is 0.493 e. The van der Waals surface area contributed by atoms with Crippen LogP contribution in [0.25, 0.3) is 0 Å². The van der Waals surface area contributed by atoms with Gasteiger partial charge >= 0.3 is 5.97 Å². The van der Waals surface area contributed by atoms with E-state index in [1.807, 2.05) is 0 Å². The molecule has 0 heterocycles. The summed E-state index contributed by atoms with van der Waals surface area (Å²) in [6.45, 7) is -0.494. The van der Waals surface area contributed by atoms with Crippen molar-refractivity contribution in [3.8, 4) is 11.5 Å². The molecular formula is C20H21NO7S. The summed E-state index contributed by atoms with van der Waals surface area (Å²) in [5, 5.41) is 0. The molecule has 2 aromatic rings. The molecule has 1 aliphatic carbocycles. The predicted molar refractivity (Wildman–Crippen MR) is 104 cm³/mol. The van der Waals surface area contributed by atoms with Crippen LogP contribution in [-0.2, 0) is 14.8 Å². The molecule has 0 amide bonds. The fourth-order valence-electron chi connectivity index (χ4n) is 2.59. The monoisotopic (exact) mass is 419 g/mol. The minimum absolute atomic E-state index is 0.0231. The molecule has 8 nitrogen and oxygen atoms in total. The zero-order valence-electron chi connectivity index (χ0n) is 16.0. The summed E-state index contributed by atoms with van der Waals surface area (Å²) in [6.07, 6.45) is 1.61. The second kappa shape index (κ2) is 8.62. The van der Waals surface area contributed by atoms with E-state index in [1.54, 1.807) is 6.07 Å². The number of ether oxygens (including phenoxy) is 3. The number of esters is 1. The quantitative estimate of drug-likeness (QED) is 0.490. The average molecular weight is 419 g/mol. The highest BCUT2D eigenvalue weighted by Crippen LogP contribution is 2.27. The smallest absolute Gasteiger partial charge is 0.338 e. The van der Waals surface area contributed by atoms with Gasteiger partial charge in [0.2, 0.25) is 10.0 Å². The molecule has 9 heteroatoms. The molecule has 1 N–H and O–H groups in total. The SMILES string of the molecule is COc1ccc(C(=O)COC(=O)c2cccc(S(=O)(=O)NC3CC3)c2)cc1OC. The fourth-order valence-corrected chi connectivity index (χ4v) is 3.94. The van der Waals surface area contributed by atoms with Gasteiger partial charge in [0.1, 0.15) is 0 Å². The summed E-state index contributed by atoms with van der Waals surface area (Å²) in [5.41, 5.74) is 0.337. The first kappa shape index (κ1) is 20.8. The Morgan fingerprint density at radius 2 is 1.72 bits per heavy atom. The van der Waals surface area contributed by atoms with Crippen LogP contribution in [0.3, 0.4) is 0 Å². The Labute approximate surface area is 168 Å². The lowest BCUT2D eigenvalue weighted by atomic mass is 10.1. The van der Waals surface area contributed by atoms with Crippen LogP contribution < -0.4 is 14.2 Å². The van der Waals surface area contributed by atoms with Crippen molar-refractivity contribution in [1.82, 2.24) is 4.72 Å². The predicted octanol–water partition coefficient (Wildman–Crippen LogP) is 2.18. The lowest BCUT2D eigenvalue weighted by Gasteiger charge is -2.10. The molecule has 0 aromatic heterocycles. The minimum atomic E-state index is -3.69. The van der Waals surface area contributed by atoms with Gasteiger partial charge in [-0.3, -0.25) is 4.79 Å². The molecule has 3 rings (SSSR count). The van der Waals surface area contributed by atoms with Crippen LogP contribution in [0.2, 0.25) is 0 Å². The number of Topliss-reactive ketones (excluding diaryl/α,β-unsaturated/α-hetero) is 1. The van der Waals surface area contributed by atoms with Gasteiger partial charge in [-0.25, -0.2) is 17.9 Å². The third-order valence-corrected chi connectivity index (χ3v) is 5.84. The number of benzene rings is 2. The van der Waals surface area contributed by atoms with Gasteiger partial charge in [-0.1, -0.05) is 6.07 Å². The number of methoxy groups -OCH3 is 2. The Hall–Kier alpha value is -2.91. The summed E-state index contributed by atoms with van der Waals surface area (Å²) in [7, 11) is -0.761. The molecule has 154 valence electrons. The molecule has 0 atom stereocenters. The number of carbonyl (C=O) groups is 2. The zero-order chi connectivity index (χ0) is 21.0. The van der Waals surface area contributed by atoms with Crippen molar-refractivity contribution in [3.05, 3.63) is 53.6 Å². The number of hydrogen-bond donors (Lipinski definition) is 1. The normalized spacial score (nSPS) is 13.6. The van der Waals surface area contributed by atoms with Crippen LogP contribution >= 0.6 is 0 Å². The topological polar surface area (TPSA) is 108 Å². The molecule has 0 aliphatic heterocycles. The van der Waals surface area contributed by atoms with Crippen molar-refractivity contribution in [2.24, 2.45) is 0 Å². The highest BCUT2D eigenvalue weighted by Gasteiger charge is 2.28.